The number of amidine groups is 1. The van der Waals surface area contributed by atoms with Gasteiger partial charge in [0.05, 0.1) is 12.8 Å². The molecule has 192 valence electrons. The first-order chi connectivity index (χ1) is 17.5. The van der Waals surface area contributed by atoms with Crippen LogP contribution in [0.15, 0.2) is 71.7 Å². The average molecular weight is 584 g/mol. The van der Waals surface area contributed by atoms with Gasteiger partial charge in [-0.3, -0.25) is 9.69 Å². The lowest BCUT2D eigenvalue weighted by Gasteiger charge is -2.26. The number of imide groups is 1. The molecule has 1 N–H and O–H groups in total. The van der Waals surface area contributed by atoms with Crippen molar-refractivity contribution in [3.63, 3.8) is 0 Å². The zero-order valence-corrected chi connectivity index (χ0v) is 22.4. The number of rotatable bonds is 6. The molecular weight excluding hydrogens is 565 g/mol. The van der Waals surface area contributed by atoms with Crippen LogP contribution in [0.25, 0.3) is 11.1 Å². The lowest BCUT2D eigenvalue weighted by molar-refractivity contribution is -0.119. The van der Waals surface area contributed by atoms with Gasteiger partial charge in [0.15, 0.2) is 6.17 Å². The number of ether oxygens (including phenoxy) is 1. The highest BCUT2D eigenvalue weighted by molar-refractivity contribution is 6.68. The minimum atomic E-state index is -2.09. The zero-order valence-electron chi connectivity index (χ0n) is 19.4. The molecule has 0 aliphatic carbocycles. The molecule has 0 radical (unpaired) electrons. The van der Waals surface area contributed by atoms with Gasteiger partial charge >= 0.3 is 6.03 Å². The van der Waals surface area contributed by atoms with Gasteiger partial charge in [0.25, 0.3) is 5.91 Å². The SMILES string of the molecule is COc1ccc(NC(N=C2C(=O)N(C)C(=O)N2c2ccccc2F)C(Cl)(Cl)Cl)c(-c2ccc(Cl)cc2)c1. The predicted molar refractivity (Wildman–Crippen MR) is 146 cm³/mol. The number of alkyl halides is 3. The van der Waals surface area contributed by atoms with Gasteiger partial charge < -0.3 is 10.1 Å². The van der Waals surface area contributed by atoms with Gasteiger partial charge in [-0.05, 0) is 48.0 Å². The van der Waals surface area contributed by atoms with Crippen molar-refractivity contribution < 1.29 is 18.7 Å². The van der Waals surface area contributed by atoms with Crippen LogP contribution in [0.1, 0.15) is 0 Å². The number of urea groups is 1. The summed E-state index contributed by atoms with van der Waals surface area (Å²) in [5.41, 5.74) is 1.73. The fourth-order valence-electron chi connectivity index (χ4n) is 3.64. The number of nitrogens with one attached hydrogen (secondary N) is 1. The van der Waals surface area contributed by atoms with Crippen molar-refractivity contribution in [3.8, 4) is 16.9 Å². The van der Waals surface area contributed by atoms with E-state index in [0.29, 0.717) is 22.0 Å². The summed E-state index contributed by atoms with van der Waals surface area (Å²) in [5.74, 6) is -1.37. The number of carbonyl (C=O) groups excluding carboxylic acids is 2. The molecule has 3 amide bonds. The molecule has 3 aromatic carbocycles. The number of hydrogen-bond acceptors (Lipinski definition) is 5. The molecule has 0 aromatic heterocycles. The van der Waals surface area contributed by atoms with Crippen molar-refractivity contribution in [2.75, 3.05) is 24.4 Å². The molecule has 3 aromatic rings. The standard InChI is InChI=1S/C25H19Cl4FN4O3/c1-33-22(35)21(34(24(33)36)20-6-4-3-5-18(20)30)32-23(25(27,28)29)31-19-12-11-16(37-2)13-17(19)14-7-9-15(26)10-8-14/h3-13,23,31H,1-2H3. The fourth-order valence-corrected chi connectivity index (χ4v) is 4.07. The highest BCUT2D eigenvalue weighted by Gasteiger charge is 2.44. The van der Waals surface area contributed by atoms with Crippen LogP contribution in [0.5, 0.6) is 5.75 Å². The number of benzene rings is 3. The predicted octanol–water partition coefficient (Wildman–Crippen LogP) is 6.76. The van der Waals surface area contributed by atoms with Gasteiger partial charge in [-0.2, -0.15) is 0 Å². The van der Waals surface area contributed by atoms with Crippen LogP contribution >= 0.6 is 46.4 Å². The van der Waals surface area contributed by atoms with E-state index in [9.17, 15) is 14.0 Å². The molecule has 4 rings (SSSR count). The van der Waals surface area contributed by atoms with Crippen LogP contribution in [-0.4, -0.2) is 46.8 Å². The Morgan fingerprint density at radius 2 is 1.70 bits per heavy atom. The summed E-state index contributed by atoms with van der Waals surface area (Å²) in [6.07, 6.45) is -1.37. The molecule has 0 saturated carbocycles. The maximum atomic E-state index is 14.6. The van der Waals surface area contributed by atoms with Crippen LogP contribution in [0.4, 0.5) is 20.6 Å². The number of methoxy groups -OCH3 is 1. The second-order valence-electron chi connectivity index (χ2n) is 7.89. The van der Waals surface area contributed by atoms with E-state index in [4.69, 9.17) is 51.1 Å². The minimum Gasteiger partial charge on any atom is -0.497 e. The molecule has 12 heteroatoms. The molecule has 1 fully saturated rings. The summed E-state index contributed by atoms with van der Waals surface area (Å²) < 4.78 is 17.9. The molecule has 1 aliphatic heterocycles. The van der Waals surface area contributed by atoms with Gasteiger partial charge in [0.2, 0.25) is 9.63 Å². The molecule has 0 spiro atoms. The first kappa shape index (κ1) is 27.0. The van der Waals surface area contributed by atoms with Crippen molar-refractivity contribution in [1.82, 2.24) is 4.90 Å². The van der Waals surface area contributed by atoms with E-state index in [2.05, 4.69) is 10.3 Å². The first-order valence-corrected chi connectivity index (χ1v) is 12.2. The maximum absolute atomic E-state index is 14.6. The maximum Gasteiger partial charge on any atom is 0.337 e. The lowest BCUT2D eigenvalue weighted by Crippen LogP contribution is -2.38. The fraction of sp³-hybridized carbons (Fsp3) is 0.160. The highest BCUT2D eigenvalue weighted by atomic mass is 35.6. The van der Waals surface area contributed by atoms with Gasteiger partial charge in [-0.15, -0.1) is 0 Å². The Kier molecular flexibility index (Phi) is 7.85. The number of nitrogens with zero attached hydrogens (tertiary/aromatic N) is 3. The van der Waals surface area contributed by atoms with Crippen LogP contribution in [-0.2, 0) is 4.79 Å². The quantitative estimate of drug-likeness (QED) is 0.257. The van der Waals surface area contributed by atoms with Crippen molar-refractivity contribution in [2.45, 2.75) is 9.96 Å². The molecule has 1 saturated heterocycles. The van der Waals surface area contributed by atoms with E-state index in [1.54, 1.807) is 42.5 Å². The van der Waals surface area contributed by atoms with Crippen LogP contribution in [0.3, 0.4) is 0 Å². The minimum absolute atomic E-state index is 0.168. The van der Waals surface area contributed by atoms with Crippen molar-refractivity contribution in [1.29, 1.82) is 0 Å². The Balaban J connectivity index is 1.81. The number of aliphatic imine (C=N–C) groups is 1. The van der Waals surface area contributed by atoms with Crippen LogP contribution < -0.4 is 15.0 Å². The highest BCUT2D eigenvalue weighted by Crippen LogP contribution is 2.38. The van der Waals surface area contributed by atoms with E-state index in [-0.39, 0.29) is 5.69 Å². The summed E-state index contributed by atoms with van der Waals surface area (Å²) >= 11 is 24.8. The van der Waals surface area contributed by atoms with E-state index >= 15 is 0 Å². The average Bonchev–Trinajstić information content (AvgIpc) is 3.07. The molecule has 1 unspecified atom stereocenters. The zero-order chi connectivity index (χ0) is 26.9. The van der Waals surface area contributed by atoms with Gasteiger partial charge in [-0.25, -0.2) is 19.1 Å². The Morgan fingerprint density at radius 3 is 2.32 bits per heavy atom. The van der Waals surface area contributed by atoms with E-state index in [1.807, 2.05) is 0 Å². The van der Waals surface area contributed by atoms with Crippen molar-refractivity contribution in [2.24, 2.45) is 4.99 Å². The Morgan fingerprint density at radius 1 is 1.03 bits per heavy atom. The Labute approximate surface area is 232 Å². The third-order valence-corrected chi connectivity index (χ3v) is 6.39. The van der Waals surface area contributed by atoms with Crippen LogP contribution in [0, 0.1) is 5.82 Å². The molecule has 1 heterocycles. The molecule has 7 nitrogen and oxygen atoms in total. The summed E-state index contributed by atoms with van der Waals surface area (Å²) in [4.78, 5) is 31.8. The largest absolute Gasteiger partial charge is 0.497 e. The van der Waals surface area contributed by atoms with Gasteiger partial charge in [0.1, 0.15) is 11.6 Å². The molecular formula is C25H19Cl4FN4O3. The van der Waals surface area contributed by atoms with Gasteiger partial charge in [0, 0.05) is 23.3 Å². The van der Waals surface area contributed by atoms with Gasteiger partial charge in [-0.1, -0.05) is 70.7 Å². The Bertz CT molecular complexity index is 1380. The number of anilines is 2. The number of para-hydroxylation sites is 1. The number of carbonyl (C=O) groups is 2. The first-order valence-electron chi connectivity index (χ1n) is 10.7. The van der Waals surface area contributed by atoms with Crippen LogP contribution in [0.2, 0.25) is 5.02 Å². The topological polar surface area (TPSA) is 74.2 Å². The monoisotopic (exact) mass is 582 g/mol. The second kappa shape index (κ2) is 10.8. The third kappa shape index (κ3) is 5.62. The normalized spacial score (nSPS) is 15.9. The summed E-state index contributed by atoms with van der Waals surface area (Å²) in [6.45, 7) is 0. The van der Waals surface area contributed by atoms with E-state index < -0.39 is 33.5 Å². The smallest absolute Gasteiger partial charge is 0.337 e. The van der Waals surface area contributed by atoms with Crippen molar-refractivity contribution in [3.05, 3.63) is 77.6 Å². The number of hydrogen-bond donors (Lipinski definition) is 1. The summed E-state index contributed by atoms with van der Waals surface area (Å²) in [5, 5.41) is 3.59. The third-order valence-electron chi connectivity index (χ3n) is 5.51. The lowest BCUT2D eigenvalue weighted by atomic mass is 10.0. The molecule has 1 atom stereocenters. The molecule has 1 aliphatic rings. The molecule has 0 bridgehead atoms. The number of amides is 3. The summed E-state index contributed by atoms with van der Waals surface area (Å²) in [6, 6.07) is 16.8. The number of likely N-dealkylation sites (N-methyl/N-ethyl adjacent to an activating group) is 1. The second-order valence-corrected chi connectivity index (χ2v) is 10.7. The molecule has 37 heavy (non-hydrogen) atoms. The van der Waals surface area contributed by atoms with E-state index in [0.717, 1.165) is 21.4 Å². The Hall–Kier alpha value is -3.04. The summed E-state index contributed by atoms with van der Waals surface area (Å²) in [7, 11) is 2.78. The van der Waals surface area contributed by atoms with E-state index in [1.165, 1.54) is 32.4 Å². The number of halogens is 5. The van der Waals surface area contributed by atoms with Crippen molar-refractivity contribution >= 4 is 75.6 Å².